The van der Waals surface area contributed by atoms with E-state index in [9.17, 15) is 22.1 Å². The monoisotopic (exact) mass is 402 g/mol. The van der Waals surface area contributed by atoms with Crippen molar-refractivity contribution in [3.63, 3.8) is 0 Å². The van der Waals surface area contributed by atoms with Crippen molar-refractivity contribution in [3.8, 4) is 0 Å². The van der Waals surface area contributed by atoms with Gasteiger partial charge in [-0.25, -0.2) is 0 Å². The molecular formula is C18H19BF4OS2. The van der Waals surface area contributed by atoms with E-state index in [4.69, 9.17) is 0 Å². The molecule has 0 aliphatic carbocycles. The molecule has 0 N–H and O–H groups in total. The third-order valence-corrected chi connectivity index (χ3v) is 7.36. The molecule has 140 valence electrons. The van der Waals surface area contributed by atoms with Crippen LogP contribution in [0.3, 0.4) is 0 Å². The van der Waals surface area contributed by atoms with Crippen molar-refractivity contribution in [2.24, 2.45) is 0 Å². The number of carbonyl (C=O) groups is 1. The SMILES string of the molecule is CCCCC(=O)C[S+]1c2ccccc2Sc2ccccc21.F[B-](F)(F)F. The van der Waals surface area contributed by atoms with Gasteiger partial charge in [0.25, 0.3) is 0 Å². The standard InChI is InChI=1S/C18H19OS2.BF4/c1-2-3-8-14(19)13-21-17-11-6-4-9-15(17)20-16-10-5-7-12-18(16)21;2-1(3,4)5/h4-7,9-12H,2-3,8,13H2,1H3;/q+1;-1. The van der Waals surface area contributed by atoms with Crippen molar-refractivity contribution in [2.45, 2.75) is 45.8 Å². The van der Waals surface area contributed by atoms with Gasteiger partial charge in [-0.3, -0.25) is 4.79 Å². The highest BCUT2D eigenvalue weighted by atomic mass is 32.2. The summed E-state index contributed by atoms with van der Waals surface area (Å²) < 4.78 is 39.0. The van der Waals surface area contributed by atoms with Gasteiger partial charge in [0.1, 0.15) is 0 Å². The molecule has 0 saturated carbocycles. The van der Waals surface area contributed by atoms with Crippen molar-refractivity contribution in [1.82, 2.24) is 0 Å². The Kier molecular flexibility index (Phi) is 7.64. The maximum atomic E-state index is 12.3. The molecule has 0 bridgehead atoms. The van der Waals surface area contributed by atoms with Crippen molar-refractivity contribution < 1.29 is 22.1 Å². The molecule has 2 aromatic rings. The van der Waals surface area contributed by atoms with E-state index in [-0.39, 0.29) is 10.9 Å². The molecule has 3 rings (SSSR count). The zero-order valence-electron chi connectivity index (χ0n) is 14.3. The molecule has 0 fully saturated rings. The van der Waals surface area contributed by atoms with Crippen LogP contribution in [0.4, 0.5) is 17.3 Å². The van der Waals surface area contributed by atoms with Gasteiger partial charge in [-0.15, -0.1) is 0 Å². The quantitative estimate of drug-likeness (QED) is 0.334. The molecule has 1 aliphatic heterocycles. The van der Waals surface area contributed by atoms with Crippen LogP contribution in [-0.2, 0) is 15.7 Å². The fourth-order valence-electron chi connectivity index (χ4n) is 2.48. The summed E-state index contributed by atoms with van der Waals surface area (Å²) in [6.45, 7) is 2.14. The van der Waals surface area contributed by atoms with E-state index >= 15 is 0 Å². The summed E-state index contributed by atoms with van der Waals surface area (Å²) in [7, 11) is -6.10. The summed E-state index contributed by atoms with van der Waals surface area (Å²) in [6, 6.07) is 17.1. The summed E-state index contributed by atoms with van der Waals surface area (Å²) in [5.74, 6) is 1.06. The van der Waals surface area contributed by atoms with Crippen LogP contribution in [-0.4, -0.2) is 18.8 Å². The Morgan fingerprint density at radius 3 is 1.88 bits per heavy atom. The average Bonchev–Trinajstić information content (AvgIpc) is 2.58. The van der Waals surface area contributed by atoms with Gasteiger partial charge in [0, 0.05) is 6.42 Å². The van der Waals surface area contributed by atoms with Crippen LogP contribution < -0.4 is 0 Å². The van der Waals surface area contributed by atoms with Crippen LogP contribution in [0.15, 0.2) is 68.1 Å². The maximum Gasteiger partial charge on any atom is 0.673 e. The molecule has 8 heteroatoms. The smallest absolute Gasteiger partial charge is 0.418 e. The molecule has 0 unspecified atom stereocenters. The number of carbonyl (C=O) groups excluding carboxylic acids is 1. The number of rotatable bonds is 5. The second-order valence-corrected chi connectivity index (χ2v) is 8.70. The average molecular weight is 402 g/mol. The van der Waals surface area contributed by atoms with Gasteiger partial charge in [0.05, 0.1) is 20.7 Å². The van der Waals surface area contributed by atoms with Crippen molar-refractivity contribution in [2.75, 3.05) is 5.75 Å². The van der Waals surface area contributed by atoms with Gasteiger partial charge < -0.3 is 17.3 Å². The maximum absolute atomic E-state index is 12.3. The molecule has 2 aromatic carbocycles. The van der Waals surface area contributed by atoms with Crippen LogP contribution in [0.1, 0.15) is 26.2 Å². The number of Topliss-reactive ketones (excluding diaryl/α,β-unsaturated/α-hetero) is 1. The molecule has 0 amide bonds. The highest BCUT2D eigenvalue weighted by Crippen LogP contribution is 2.45. The zero-order chi connectivity index (χ0) is 19.2. The molecule has 1 aliphatic rings. The number of hydrogen-bond acceptors (Lipinski definition) is 2. The van der Waals surface area contributed by atoms with Gasteiger partial charge in [0.2, 0.25) is 0 Å². The lowest BCUT2D eigenvalue weighted by Crippen LogP contribution is -2.20. The van der Waals surface area contributed by atoms with Crippen molar-refractivity contribution in [3.05, 3.63) is 48.5 Å². The molecule has 0 atom stereocenters. The predicted octanol–water partition coefficient (Wildman–Crippen LogP) is 6.25. The lowest BCUT2D eigenvalue weighted by molar-refractivity contribution is -0.116. The fraction of sp³-hybridized carbons (Fsp3) is 0.278. The number of ketones is 1. The Hall–Kier alpha value is -1.41. The Balaban J connectivity index is 0.000000431. The Morgan fingerprint density at radius 1 is 0.962 bits per heavy atom. The van der Waals surface area contributed by atoms with Crippen LogP contribution in [0.25, 0.3) is 0 Å². The van der Waals surface area contributed by atoms with E-state index in [2.05, 4.69) is 55.5 Å². The van der Waals surface area contributed by atoms with Crippen molar-refractivity contribution >= 4 is 35.7 Å². The first-order valence-electron chi connectivity index (χ1n) is 8.25. The molecule has 1 nitrogen and oxygen atoms in total. The van der Waals surface area contributed by atoms with Gasteiger partial charge in [-0.2, -0.15) is 0 Å². The molecule has 26 heavy (non-hydrogen) atoms. The van der Waals surface area contributed by atoms with Crippen LogP contribution in [0.2, 0.25) is 0 Å². The summed E-state index contributed by atoms with van der Waals surface area (Å²) in [5, 5.41) is 0. The number of benzene rings is 2. The Morgan fingerprint density at radius 2 is 1.42 bits per heavy atom. The van der Waals surface area contributed by atoms with Crippen molar-refractivity contribution in [1.29, 1.82) is 0 Å². The summed E-state index contributed by atoms with van der Waals surface area (Å²) in [5.41, 5.74) is 0. The Bertz CT molecular complexity index is 700. The lowest BCUT2D eigenvalue weighted by Gasteiger charge is -2.18. The Labute approximate surface area is 158 Å². The summed E-state index contributed by atoms with van der Waals surface area (Å²) in [4.78, 5) is 17.6. The lowest BCUT2D eigenvalue weighted by atomic mass is 10.2. The van der Waals surface area contributed by atoms with Gasteiger partial charge >= 0.3 is 7.25 Å². The second-order valence-electron chi connectivity index (χ2n) is 5.67. The van der Waals surface area contributed by atoms with Gasteiger partial charge in [-0.1, -0.05) is 49.4 Å². The minimum Gasteiger partial charge on any atom is -0.418 e. The minimum atomic E-state index is -6.00. The second kappa shape index (κ2) is 9.51. The molecule has 0 saturated heterocycles. The van der Waals surface area contributed by atoms with E-state index in [1.165, 1.54) is 19.6 Å². The third-order valence-electron chi connectivity index (χ3n) is 3.56. The van der Waals surface area contributed by atoms with E-state index in [1.807, 2.05) is 11.8 Å². The highest BCUT2D eigenvalue weighted by Gasteiger charge is 2.36. The summed E-state index contributed by atoms with van der Waals surface area (Å²) in [6.07, 6.45) is 2.81. The third kappa shape index (κ3) is 6.39. The minimum absolute atomic E-state index is 0.0985. The highest BCUT2D eigenvalue weighted by molar-refractivity contribution is 8.04. The van der Waals surface area contributed by atoms with Crippen LogP contribution in [0, 0.1) is 0 Å². The van der Waals surface area contributed by atoms with E-state index in [0.29, 0.717) is 11.5 Å². The number of fused-ring (bicyclic) bond motifs is 2. The van der Waals surface area contributed by atoms with E-state index in [1.54, 1.807) is 0 Å². The molecule has 1 heterocycles. The zero-order valence-corrected chi connectivity index (χ0v) is 15.9. The number of halogens is 4. The predicted molar refractivity (Wildman–Crippen MR) is 100 cm³/mol. The van der Waals surface area contributed by atoms with E-state index < -0.39 is 7.25 Å². The topological polar surface area (TPSA) is 17.1 Å². The fourth-order valence-corrected chi connectivity index (χ4v) is 6.32. The van der Waals surface area contributed by atoms with Crippen LogP contribution >= 0.6 is 11.8 Å². The molecule has 0 aromatic heterocycles. The molecule has 0 spiro atoms. The first-order chi connectivity index (χ1) is 12.3. The number of hydrogen-bond donors (Lipinski definition) is 0. The first kappa shape index (κ1) is 20.9. The molecule has 0 radical (unpaired) electrons. The van der Waals surface area contributed by atoms with E-state index in [0.717, 1.165) is 19.3 Å². The molecular weight excluding hydrogens is 383 g/mol. The largest absolute Gasteiger partial charge is 0.673 e. The number of unbranched alkanes of at least 4 members (excludes halogenated alkanes) is 1. The first-order valence-corrected chi connectivity index (χ1v) is 10.5. The van der Waals surface area contributed by atoms with Crippen LogP contribution in [0.5, 0.6) is 0 Å². The van der Waals surface area contributed by atoms with Gasteiger partial charge in [-0.05, 0) is 30.7 Å². The van der Waals surface area contributed by atoms with Gasteiger partial charge in [0.15, 0.2) is 21.3 Å². The summed E-state index contributed by atoms with van der Waals surface area (Å²) >= 11 is 1.83. The normalized spacial score (nSPS) is 13.3.